The van der Waals surface area contributed by atoms with E-state index in [9.17, 15) is 4.79 Å². The van der Waals surface area contributed by atoms with Gasteiger partial charge in [0.15, 0.2) is 0 Å². The summed E-state index contributed by atoms with van der Waals surface area (Å²) >= 11 is 0. The van der Waals surface area contributed by atoms with Crippen LogP contribution in [0.4, 0.5) is 0 Å². The van der Waals surface area contributed by atoms with Gasteiger partial charge in [-0.1, -0.05) is 23.8 Å². The molecular formula is C16H25NO2. The number of carbonyl (C=O) groups is 1. The smallest absolute Gasteiger partial charge is 0.312 e. The van der Waals surface area contributed by atoms with E-state index in [1.165, 1.54) is 23.8 Å². The molecule has 0 saturated carbocycles. The summed E-state index contributed by atoms with van der Waals surface area (Å²) in [5.41, 5.74) is 3.50. The molecule has 0 aliphatic carbocycles. The van der Waals surface area contributed by atoms with E-state index in [0.29, 0.717) is 6.54 Å². The Morgan fingerprint density at radius 3 is 2.63 bits per heavy atom. The Kier molecular flexibility index (Phi) is 5.55. The molecule has 0 radical (unpaired) electrons. The largest absolute Gasteiger partial charge is 0.469 e. The molecule has 1 rings (SSSR count). The van der Waals surface area contributed by atoms with Crippen LogP contribution in [-0.2, 0) is 16.0 Å². The minimum atomic E-state index is -0.476. The molecule has 3 nitrogen and oxygen atoms in total. The minimum absolute atomic E-state index is 0.174. The van der Waals surface area contributed by atoms with Gasteiger partial charge in [0.05, 0.1) is 12.5 Å². The second-order valence-electron chi connectivity index (χ2n) is 5.73. The van der Waals surface area contributed by atoms with Gasteiger partial charge in [-0.15, -0.1) is 0 Å². The molecule has 1 aromatic rings. The van der Waals surface area contributed by atoms with Crippen LogP contribution in [0.2, 0.25) is 0 Å². The molecule has 0 fully saturated rings. The Morgan fingerprint density at radius 1 is 1.32 bits per heavy atom. The lowest BCUT2D eigenvalue weighted by atomic mass is 9.93. The van der Waals surface area contributed by atoms with Crippen molar-refractivity contribution in [2.75, 3.05) is 20.2 Å². The van der Waals surface area contributed by atoms with Crippen molar-refractivity contribution in [2.45, 2.75) is 34.1 Å². The highest BCUT2D eigenvalue weighted by atomic mass is 16.5. The molecule has 3 heteroatoms. The average Bonchev–Trinajstić information content (AvgIpc) is 2.37. The summed E-state index contributed by atoms with van der Waals surface area (Å²) in [7, 11) is 1.43. The maximum absolute atomic E-state index is 11.5. The molecule has 0 bridgehead atoms. The van der Waals surface area contributed by atoms with Gasteiger partial charge in [-0.25, -0.2) is 0 Å². The van der Waals surface area contributed by atoms with Crippen LogP contribution in [0.15, 0.2) is 18.2 Å². The Hall–Kier alpha value is -1.35. The molecule has 0 heterocycles. The van der Waals surface area contributed by atoms with Gasteiger partial charge < -0.3 is 10.1 Å². The number of esters is 1. The Morgan fingerprint density at radius 2 is 2.00 bits per heavy atom. The van der Waals surface area contributed by atoms with Crippen molar-refractivity contribution in [2.24, 2.45) is 5.41 Å². The van der Waals surface area contributed by atoms with Crippen LogP contribution in [0.1, 0.15) is 30.5 Å². The van der Waals surface area contributed by atoms with Gasteiger partial charge in [0.25, 0.3) is 0 Å². The van der Waals surface area contributed by atoms with Crippen LogP contribution in [0, 0.1) is 19.3 Å². The topological polar surface area (TPSA) is 38.3 Å². The third kappa shape index (κ3) is 4.67. The van der Waals surface area contributed by atoms with Crippen LogP contribution in [0.25, 0.3) is 0 Å². The number of hydrogen-bond donors (Lipinski definition) is 1. The molecule has 0 saturated heterocycles. The summed E-state index contributed by atoms with van der Waals surface area (Å²) in [6.45, 7) is 9.52. The van der Waals surface area contributed by atoms with Crippen molar-refractivity contribution in [3.63, 3.8) is 0 Å². The number of aryl methyl sites for hydroxylation is 2. The summed E-state index contributed by atoms with van der Waals surface area (Å²) in [5.74, 6) is -0.174. The van der Waals surface area contributed by atoms with Crippen molar-refractivity contribution >= 4 is 5.97 Å². The molecule has 0 aliphatic rings. The van der Waals surface area contributed by atoms with Crippen LogP contribution in [0.5, 0.6) is 0 Å². The average molecular weight is 263 g/mol. The highest BCUT2D eigenvalue weighted by Crippen LogP contribution is 2.15. The first-order valence-corrected chi connectivity index (χ1v) is 6.72. The third-order valence-corrected chi connectivity index (χ3v) is 3.38. The molecule has 0 aromatic heterocycles. The fourth-order valence-corrected chi connectivity index (χ4v) is 2.04. The lowest BCUT2D eigenvalue weighted by Gasteiger charge is -2.21. The zero-order valence-electron chi connectivity index (χ0n) is 12.7. The second kappa shape index (κ2) is 6.71. The number of benzene rings is 1. The first kappa shape index (κ1) is 15.7. The van der Waals surface area contributed by atoms with Gasteiger partial charge in [-0.05, 0) is 51.8 Å². The SMILES string of the molecule is COC(=O)C(C)(C)CNCCc1cc(C)ccc1C. The molecule has 19 heavy (non-hydrogen) atoms. The Labute approximate surface area is 116 Å². The zero-order valence-corrected chi connectivity index (χ0v) is 12.7. The lowest BCUT2D eigenvalue weighted by molar-refractivity contribution is -0.150. The summed E-state index contributed by atoms with van der Waals surface area (Å²) in [5, 5.41) is 3.34. The highest BCUT2D eigenvalue weighted by Gasteiger charge is 2.27. The van der Waals surface area contributed by atoms with Crippen molar-refractivity contribution in [3.05, 3.63) is 34.9 Å². The monoisotopic (exact) mass is 263 g/mol. The summed E-state index contributed by atoms with van der Waals surface area (Å²) in [6.07, 6.45) is 0.977. The van der Waals surface area contributed by atoms with E-state index in [1.54, 1.807) is 0 Å². The van der Waals surface area contributed by atoms with Crippen molar-refractivity contribution in [1.82, 2.24) is 5.32 Å². The predicted molar refractivity (Wildman–Crippen MR) is 78.3 cm³/mol. The van der Waals surface area contributed by atoms with E-state index in [1.807, 2.05) is 13.8 Å². The number of ether oxygens (including phenoxy) is 1. The van der Waals surface area contributed by atoms with Crippen LogP contribution >= 0.6 is 0 Å². The maximum Gasteiger partial charge on any atom is 0.312 e. The first-order chi connectivity index (χ1) is 8.86. The van der Waals surface area contributed by atoms with E-state index in [2.05, 4.69) is 37.4 Å². The van der Waals surface area contributed by atoms with Crippen LogP contribution < -0.4 is 5.32 Å². The maximum atomic E-state index is 11.5. The van der Waals surface area contributed by atoms with Crippen LogP contribution in [0.3, 0.4) is 0 Å². The highest BCUT2D eigenvalue weighted by molar-refractivity contribution is 5.76. The van der Waals surface area contributed by atoms with Gasteiger partial charge in [0, 0.05) is 6.54 Å². The van der Waals surface area contributed by atoms with E-state index in [4.69, 9.17) is 4.74 Å². The van der Waals surface area contributed by atoms with Gasteiger partial charge in [-0.3, -0.25) is 4.79 Å². The summed E-state index contributed by atoms with van der Waals surface area (Å²) < 4.78 is 4.79. The predicted octanol–water partition coefficient (Wildman–Crippen LogP) is 2.63. The molecule has 0 aliphatic heterocycles. The number of methoxy groups -OCH3 is 1. The van der Waals surface area contributed by atoms with Crippen molar-refractivity contribution in [3.8, 4) is 0 Å². The normalized spacial score (nSPS) is 11.4. The molecule has 1 N–H and O–H groups in total. The van der Waals surface area contributed by atoms with Crippen molar-refractivity contribution < 1.29 is 9.53 Å². The third-order valence-electron chi connectivity index (χ3n) is 3.38. The summed E-state index contributed by atoms with van der Waals surface area (Å²) in [6, 6.07) is 6.51. The van der Waals surface area contributed by atoms with Crippen molar-refractivity contribution in [1.29, 1.82) is 0 Å². The van der Waals surface area contributed by atoms with Gasteiger partial charge in [0.2, 0.25) is 0 Å². The molecule has 0 amide bonds. The molecule has 0 atom stereocenters. The van der Waals surface area contributed by atoms with Gasteiger partial charge in [-0.2, -0.15) is 0 Å². The molecule has 0 unspecified atom stereocenters. The molecule has 1 aromatic carbocycles. The number of hydrogen-bond acceptors (Lipinski definition) is 3. The van der Waals surface area contributed by atoms with E-state index in [-0.39, 0.29) is 5.97 Å². The fourth-order valence-electron chi connectivity index (χ4n) is 2.04. The Bertz CT molecular complexity index is 438. The van der Waals surface area contributed by atoms with Gasteiger partial charge >= 0.3 is 5.97 Å². The van der Waals surface area contributed by atoms with Crippen LogP contribution in [-0.4, -0.2) is 26.2 Å². The zero-order chi connectivity index (χ0) is 14.5. The van der Waals surface area contributed by atoms with E-state index >= 15 is 0 Å². The Balaban J connectivity index is 2.43. The lowest BCUT2D eigenvalue weighted by Crippen LogP contribution is -2.37. The second-order valence-corrected chi connectivity index (χ2v) is 5.73. The fraction of sp³-hybridized carbons (Fsp3) is 0.562. The molecule has 106 valence electrons. The van der Waals surface area contributed by atoms with Gasteiger partial charge in [0.1, 0.15) is 0 Å². The van der Waals surface area contributed by atoms with E-state index < -0.39 is 5.41 Å². The standard InChI is InChI=1S/C16H25NO2/c1-12-6-7-13(2)14(10-12)8-9-17-11-16(3,4)15(18)19-5/h6-7,10,17H,8-9,11H2,1-5H3. The van der Waals surface area contributed by atoms with E-state index in [0.717, 1.165) is 13.0 Å². The molecule has 0 spiro atoms. The number of nitrogens with one attached hydrogen (secondary N) is 1. The number of rotatable bonds is 6. The quantitative estimate of drug-likeness (QED) is 0.633. The number of carbonyl (C=O) groups excluding carboxylic acids is 1. The minimum Gasteiger partial charge on any atom is -0.469 e. The first-order valence-electron chi connectivity index (χ1n) is 6.72. The summed E-state index contributed by atoms with van der Waals surface area (Å²) in [4.78, 5) is 11.5. The molecular weight excluding hydrogens is 238 g/mol.